The van der Waals surface area contributed by atoms with Crippen LogP contribution in [0.15, 0.2) is 27.9 Å². The summed E-state index contributed by atoms with van der Waals surface area (Å²) in [6, 6.07) is 4.76. The number of morpholine rings is 1. The number of hydrogen-bond donors (Lipinski definition) is 0. The predicted molar refractivity (Wildman–Crippen MR) is 111 cm³/mol. The lowest BCUT2D eigenvalue weighted by atomic mass is 10.2. The van der Waals surface area contributed by atoms with Crippen LogP contribution in [0.25, 0.3) is 10.2 Å². The zero-order valence-corrected chi connectivity index (χ0v) is 17.8. The highest BCUT2D eigenvalue weighted by Gasteiger charge is 2.26. The van der Waals surface area contributed by atoms with Gasteiger partial charge in [-0.15, -0.1) is 0 Å². The summed E-state index contributed by atoms with van der Waals surface area (Å²) in [4.78, 5) is 26.7. The van der Waals surface area contributed by atoms with Crippen LogP contribution in [-0.2, 0) is 26.1 Å². The van der Waals surface area contributed by atoms with E-state index in [4.69, 9.17) is 4.74 Å². The van der Waals surface area contributed by atoms with Gasteiger partial charge in [0.15, 0.2) is 0 Å². The van der Waals surface area contributed by atoms with E-state index in [1.165, 1.54) is 4.57 Å². The largest absolute Gasteiger partial charge is 0.378 e. The topological polar surface area (TPSA) is 88.9 Å². The molecule has 10 heteroatoms. The number of fused-ring (bicyclic) bond motifs is 1. The van der Waals surface area contributed by atoms with Gasteiger partial charge in [0.05, 0.1) is 28.3 Å². The van der Waals surface area contributed by atoms with E-state index in [9.17, 15) is 18.0 Å². The molecule has 2 aliphatic rings. The summed E-state index contributed by atoms with van der Waals surface area (Å²) in [5, 5.41) is 0. The minimum absolute atomic E-state index is 0.0446. The maximum absolute atomic E-state index is 13.0. The minimum Gasteiger partial charge on any atom is -0.378 e. The second-order valence-corrected chi connectivity index (χ2v) is 10.3. The van der Waals surface area contributed by atoms with Gasteiger partial charge in [0.25, 0.3) is 0 Å². The van der Waals surface area contributed by atoms with Crippen molar-refractivity contribution in [1.82, 2.24) is 13.8 Å². The van der Waals surface area contributed by atoms with Crippen molar-refractivity contribution in [3.63, 3.8) is 0 Å². The Morgan fingerprint density at radius 2 is 1.72 bits per heavy atom. The summed E-state index contributed by atoms with van der Waals surface area (Å²) in [5.74, 6) is -0.128. The van der Waals surface area contributed by atoms with Crippen LogP contribution in [-0.4, -0.2) is 67.5 Å². The number of amides is 1. The van der Waals surface area contributed by atoms with Crippen LogP contribution >= 0.6 is 11.3 Å². The molecule has 29 heavy (non-hydrogen) atoms. The van der Waals surface area contributed by atoms with Crippen molar-refractivity contribution in [2.75, 3.05) is 39.4 Å². The number of hydrogen-bond acceptors (Lipinski definition) is 6. The zero-order chi connectivity index (χ0) is 20.4. The molecule has 1 aromatic heterocycles. The molecule has 2 aromatic rings. The highest BCUT2D eigenvalue weighted by atomic mass is 32.2. The van der Waals surface area contributed by atoms with Gasteiger partial charge >= 0.3 is 4.87 Å². The summed E-state index contributed by atoms with van der Waals surface area (Å²) >= 11 is 0.977. The van der Waals surface area contributed by atoms with Gasteiger partial charge in [-0.05, 0) is 31.0 Å². The van der Waals surface area contributed by atoms with Crippen LogP contribution < -0.4 is 4.87 Å². The lowest BCUT2D eigenvalue weighted by Gasteiger charge is -2.26. The number of thiazole rings is 1. The monoisotopic (exact) mass is 439 g/mol. The van der Waals surface area contributed by atoms with E-state index in [1.807, 2.05) is 0 Å². The SMILES string of the molecule is O=C(Cn1c(=O)sc2cc(S(=O)(=O)N3CCCCCC3)ccc21)N1CCOCC1. The summed E-state index contributed by atoms with van der Waals surface area (Å²) in [6.07, 6.45) is 3.84. The quantitative estimate of drug-likeness (QED) is 0.720. The Bertz CT molecular complexity index is 1050. The highest BCUT2D eigenvalue weighted by Crippen LogP contribution is 2.25. The number of nitrogens with zero attached hydrogens (tertiary/aromatic N) is 3. The second kappa shape index (κ2) is 8.55. The van der Waals surface area contributed by atoms with Gasteiger partial charge in [-0.3, -0.25) is 14.2 Å². The maximum Gasteiger partial charge on any atom is 0.308 e. The number of sulfonamides is 1. The summed E-state index contributed by atoms with van der Waals surface area (Å²) in [5.41, 5.74) is 0.594. The first-order valence-corrected chi connectivity index (χ1v) is 12.2. The lowest BCUT2D eigenvalue weighted by Crippen LogP contribution is -2.43. The van der Waals surface area contributed by atoms with Crippen molar-refractivity contribution in [2.45, 2.75) is 37.1 Å². The first kappa shape index (κ1) is 20.5. The van der Waals surface area contributed by atoms with Crippen LogP contribution in [0.2, 0.25) is 0 Å². The van der Waals surface area contributed by atoms with E-state index in [1.54, 1.807) is 27.4 Å². The van der Waals surface area contributed by atoms with Gasteiger partial charge in [-0.2, -0.15) is 4.31 Å². The third-order valence-corrected chi connectivity index (χ3v) is 8.34. The van der Waals surface area contributed by atoms with Gasteiger partial charge in [-0.1, -0.05) is 24.2 Å². The third kappa shape index (κ3) is 4.25. The van der Waals surface area contributed by atoms with E-state index in [-0.39, 0.29) is 22.2 Å². The summed E-state index contributed by atoms with van der Waals surface area (Å²) < 4.78 is 34.9. The molecular formula is C19H25N3O5S2. The number of carbonyl (C=O) groups excluding carboxylic acids is 1. The molecule has 0 radical (unpaired) electrons. The van der Waals surface area contributed by atoms with Crippen molar-refractivity contribution >= 4 is 37.5 Å². The average Bonchev–Trinajstić information content (AvgIpc) is 2.91. The molecule has 8 nitrogen and oxygen atoms in total. The van der Waals surface area contributed by atoms with Gasteiger partial charge in [0.1, 0.15) is 6.54 Å². The maximum atomic E-state index is 13.0. The molecule has 0 aliphatic carbocycles. The first-order valence-electron chi connectivity index (χ1n) is 9.96. The van der Waals surface area contributed by atoms with E-state index in [0.717, 1.165) is 37.0 Å². The first-order chi connectivity index (χ1) is 14.0. The number of benzene rings is 1. The van der Waals surface area contributed by atoms with Crippen LogP contribution in [0, 0.1) is 0 Å². The fourth-order valence-corrected chi connectivity index (χ4v) is 6.38. The van der Waals surface area contributed by atoms with Gasteiger partial charge in [0, 0.05) is 26.2 Å². The third-order valence-electron chi connectivity index (χ3n) is 5.50. The minimum atomic E-state index is -3.58. The van der Waals surface area contributed by atoms with E-state index in [0.29, 0.717) is 49.6 Å². The standard InChI is InChI=1S/C19H25N3O5S2/c23-18(20-9-11-27-12-10-20)14-22-16-6-5-15(13-17(16)28-19(22)24)29(25,26)21-7-3-1-2-4-8-21/h5-6,13H,1-4,7-12,14H2. The Hall–Kier alpha value is -1.75. The number of aromatic nitrogens is 1. The molecule has 2 fully saturated rings. The van der Waals surface area contributed by atoms with Crippen LogP contribution in [0.4, 0.5) is 0 Å². The fourth-order valence-electron chi connectivity index (χ4n) is 3.84. The molecule has 3 heterocycles. The zero-order valence-electron chi connectivity index (χ0n) is 16.2. The van der Waals surface area contributed by atoms with E-state index < -0.39 is 10.0 Å². The number of carbonyl (C=O) groups is 1. The molecule has 0 spiro atoms. The van der Waals surface area contributed by atoms with Crippen molar-refractivity contribution in [1.29, 1.82) is 0 Å². The molecule has 0 N–H and O–H groups in total. The Labute approximate surface area is 173 Å². The molecule has 0 unspecified atom stereocenters. The molecule has 4 rings (SSSR count). The molecule has 2 saturated heterocycles. The van der Waals surface area contributed by atoms with Crippen molar-refractivity contribution in [3.05, 3.63) is 27.9 Å². The second-order valence-electron chi connectivity index (χ2n) is 7.40. The van der Waals surface area contributed by atoms with Crippen LogP contribution in [0.5, 0.6) is 0 Å². The molecule has 0 saturated carbocycles. The lowest BCUT2D eigenvalue weighted by molar-refractivity contribution is -0.135. The summed E-state index contributed by atoms with van der Waals surface area (Å²) in [7, 11) is -3.58. The van der Waals surface area contributed by atoms with E-state index in [2.05, 4.69) is 0 Å². The van der Waals surface area contributed by atoms with Gasteiger partial charge in [0.2, 0.25) is 15.9 Å². The van der Waals surface area contributed by atoms with Crippen LogP contribution in [0.1, 0.15) is 25.7 Å². The number of ether oxygens (including phenoxy) is 1. The smallest absolute Gasteiger partial charge is 0.308 e. The Kier molecular flexibility index (Phi) is 6.05. The predicted octanol–water partition coefficient (Wildman–Crippen LogP) is 1.49. The molecular weight excluding hydrogens is 414 g/mol. The molecule has 2 aliphatic heterocycles. The highest BCUT2D eigenvalue weighted by molar-refractivity contribution is 7.89. The van der Waals surface area contributed by atoms with Crippen LogP contribution in [0.3, 0.4) is 0 Å². The van der Waals surface area contributed by atoms with Gasteiger partial charge in [-0.25, -0.2) is 8.42 Å². The molecule has 158 valence electrons. The van der Waals surface area contributed by atoms with Crippen molar-refractivity contribution in [2.24, 2.45) is 0 Å². The van der Waals surface area contributed by atoms with Gasteiger partial charge < -0.3 is 9.64 Å². The molecule has 0 bridgehead atoms. The van der Waals surface area contributed by atoms with E-state index >= 15 is 0 Å². The Morgan fingerprint density at radius 1 is 1.03 bits per heavy atom. The molecule has 1 aromatic carbocycles. The fraction of sp³-hybridized carbons (Fsp3) is 0.579. The Morgan fingerprint density at radius 3 is 2.41 bits per heavy atom. The van der Waals surface area contributed by atoms with Crippen molar-refractivity contribution < 1.29 is 17.9 Å². The summed E-state index contributed by atoms with van der Waals surface area (Å²) in [6.45, 7) is 3.07. The number of rotatable bonds is 4. The normalized spacial score (nSPS) is 19.4. The molecule has 0 atom stereocenters. The Balaban J connectivity index is 1.61. The average molecular weight is 440 g/mol. The molecule has 1 amide bonds. The van der Waals surface area contributed by atoms with Crippen molar-refractivity contribution in [3.8, 4) is 0 Å².